The zero-order chi connectivity index (χ0) is 23.7. The summed E-state index contributed by atoms with van der Waals surface area (Å²) in [4.78, 5) is 45.4. The first-order chi connectivity index (χ1) is 15.2. The van der Waals surface area contributed by atoms with Crippen LogP contribution in [0, 0.1) is 12.8 Å². The van der Waals surface area contributed by atoms with Gasteiger partial charge in [0, 0.05) is 25.1 Å². The van der Waals surface area contributed by atoms with Crippen molar-refractivity contribution in [1.82, 2.24) is 25.5 Å². The van der Waals surface area contributed by atoms with Gasteiger partial charge in [-0.25, -0.2) is 4.63 Å². The monoisotopic (exact) mass is 449 g/mol. The van der Waals surface area contributed by atoms with Crippen LogP contribution < -0.4 is 16.2 Å². The van der Waals surface area contributed by atoms with E-state index in [-0.39, 0.29) is 36.4 Å². The summed E-state index contributed by atoms with van der Waals surface area (Å²) in [6.45, 7) is 2.89. The zero-order valence-electron chi connectivity index (χ0n) is 17.9. The van der Waals surface area contributed by atoms with E-state index in [9.17, 15) is 19.5 Å². The Balaban J connectivity index is 0.000000837. The molecule has 2 amide bonds. The van der Waals surface area contributed by atoms with Gasteiger partial charge >= 0.3 is 0 Å². The molecule has 12 heteroatoms. The lowest BCUT2D eigenvalue weighted by Crippen LogP contribution is -2.50. The van der Waals surface area contributed by atoms with Crippen LogP contribution in [-0.2, 0) is 27.5 Å². The third kappa shape index (κ3) is 7.61. The zero-order valence-corrected chi connectivity index (χ0v) is 17.9. The number of carboxylic acids is 1. The van der Waals surface area contributed by atoms with E-state index in [2.05, 4.69) is 25.6 Å². The van der Waals surface area contributed by atoms with Crippen LogP contribution in [0.15, 0.2) is 33.8 Å². The number of aliphatic hydroxyl groups excluding tert-OH is 1. The molecule has 3 atom stereocenters. The lowest BCUT2D eigenvalue weighted by Gasteiger charge is -2.33. The van der Waals surface area contributed by atoms with Gasteiger partial charge in [0.1, 0.15) is 17.9 Å². The standard InChI is InChI=1S/C18H23N5O5.C2H4O2/c1-11-14(22-28-21-11)9-19-18(27)12-5-6-15(24)13(8-12)20-16(25)10-23-7-3-2-4-17(23)26;1-2(3)4/h2-4,7,12-13,15,24H,5-6,8-10H2,1H3,(H,19,27)(H,20,25);1H3,(H,3,4)/t12-,13+,15+;/m0./s1. The third-order valence-electron chi connectivity index (χ3n) is 4.92. The molecule has 0 saturated heterocycles. The molecular weight excluding hydrogens is 422 g/mol. The number of carboxylic acid groups (broad SMARTS) is 1. The van der Waals surface area contributed by atoms with E-state index < -0.39 is 18.1 Å². The largest absolute Gasteiger partial charge is 0.481 e. The average molecular weight is 449 g/mol. The van der Waals surface area contributed by atoms with Gasteiger partial charge in [0.15, 0.2) is 0 Å². The van der Waals surface area contributed by atoms with Gasteiger partial charge in [-0.05, 0) is 32.3 Å². The molecule has 3 rings (SSSR count). The van der Waals surface area contributed by atoms with Crippen molar-refractivity contribution < 1.29 is 29.2 Å². The molecule has 1 saturated carbocycles. The number of nitrogens with zero attached hydrogens (tertiary/aromatic N) is 3. The first-order valence-corrected chi connectivity index (χ1v) is 10.1. The van der Waals surface area contributed by atoms with Crippen molar-refractivity contribution in [2.24, 2.45) is 5.92 Å². The van der Waals surface area contributed by atoms with Crippen molar-refractivity contribution in [2.75, 3.05) is 0 Å². The van der Waals surface area contributed by atoms with E-state index in [1.54, 1.807) is 19.1 Å². The summed E-state index contributed by atoms with van der Waals surface area (Å²) in [6, 6.07) is 4.08. The van der Waals surface area contributed by atoms with Crippen LogP contribution in [-0.4, -0.2) is 55.0 Å². The van der Waals surface area contributed by atoms with Crippen molar-refractivity contribution in [3.8, 4) is 0 Å². The molecule has 0 radical (unpaired) electrons. The number of rotatable bonds is 6. The van der Waals surface area contributed by atoms with E-state index in [4.69, 9.17) is 9.90 Å². The normalized spacial score (nSPS) is 19.9. The smallest absolute Gasteiger partial charge is 0.300 e. The Bertz CT molecular complexity index is 982. The van der Waals surface area contributed by atoms with Gasteiger partial charge in [0.05, 0.1) is 18.7 Å². The Kier molecular flexibility index (Phi) is 9.08. The summed E-state index contributed by atoms with van der Waals surface area (Å²) in [7, 11) is 0. The van der Waals surface area contributed by atoms with Gasteiger partial charge in [-0.1, -0.05) is 16.4 Å². The summed E-state index contributed by atoms with van der Waals surface area (Å²) >= 11 is 0. The average Bonchev–Trinajstić information content (AvgIpc) is 3.14. The van der Waals surface area contributed by atoms with E-state index in [0.29, 0.717) is 30.7 Å². The van der Waals surface area contributed by atoms with Crippen LogP contribution in [0.4, 0.5) is 0 Å². The number of amides is 2. The quantitative estimate of drug-likeness (QED) is 0.456. The summed E-state index contributed by atoms with van der Waals surface area (Å²) in [6.07, 6.45) is 2.03. The minimum atomic E-state index is -0.833. The molecule has 2 aromatic rings. The van der Waals surface area contributed by atoms with Crippen LogP contribution in [0.25, 0.3) is 0 Å². The second kappa shape index (κ2) is 11.7. The van der Waals surface area contributed by atoms with Crippen LogP contribution in [0.2, 0.25) is 0 Å². The Morgan fingerprint density at radius 2 is 1.97 bits per heavy atom. The highest BCUT2D eigenvalue weighted by Crippen LogP contribution is 2.25. The topological polar surface area (TPSA) is 177 Å². The molecule has 4 N–H and O–H groups in total. The number of aromatic nitrogens is 3. The number of carbonyl (C=O) groups excluding carboxylic acids is 2. The minimum Gasteiger partial charge on any atom is -0.481 e. The SMILES string of the molecule is CC(=O)O.Cc1nonc1CNC(=O)[C@H]1CC[C@@H](O)[C@H](NC(=O)Cn2ccccc2=O)C1. The predicted molar refractivity (Wildman–Crippen MR) is 110 cm³/mol. The molecule has 0 unspecified atom stereocenters. The van der Waals surface area contributed by atoms with Gasteiger partial charge in [-0.3, -0.25) is 19.2 Å². The van der Waals surface area contributed by atoms with Crippen molar-refractivity contribution in [3.63, 3.8) is 0 Å². The molecular formula is C20H27N5O7. The summed E-state index contributed by atoms with van der Waals surface area (Å²) < 4.78 is 5.88. The van der Waals surface area contributed by atoms with E-state index in [1.807, 2.05) is 0 Å². The first-order valence-electron chi connectivity index (χ1n) is 10.1. The fraction of sp³-hybridized carbons (Fsp3) is 0.500. The molecule has 12 nitrogen and oxygen atoms in total. The number of aryl methyl sites for hydroxylation is 1. The lowest BCUT2D eigenvalue weighted by atomic mass is 9.83. The number of hydrogen-bond donors (Lipinski definition) is 4. The van der Waals surface area contributed by atoms with Crippen molar-refractivity contribution in [3.05, 3.63) is 46.1 Å². The van der Waals surface area contributed by atoms with Gasteiger partial charge in [0.2, 0.25) is 11.8 Å². The highest BCUT2D eigenvalue weighted by Gasteiger charge is 2.33. The van der Waals surface area contributed by atoms with Gasteiger partial charge in [-0.2, -0.15) is 0 Å². The number of pyridine rings is 1. The lowest BCUT2D eigenvalue weighted by molar-refractivity contribution is -0.134. The molecule has 1 fully saturated rings. The van der Waals surface area contributed by atoms with Gasteiger partial charge in [-0.15, -0.1) is 0 Å². The van der Waals surface area contributed by atoms with Gasteiger partial charge < -0.3 is 25.4 Å². The molecule has 0 aliphatic heterocycles. The molecule has 2 aromatic heterocycles. The van der Waals surface area contributed by atoms with Crippen LogP contribution in [0.5, 0.6) is 0 Å². The number of aliphatic hydroxyl groups is 1. The molecule has 0 bridgehead atoms. The van der Waals surface area contributed by atoms with Crippen LogP contribution in [0.3, 0.4) is 0 Å². The van der Waals surface area contributed by atoms with Crippen molar-refractivity contribution >= 4 is 17.8 Å². The van der Waals surface area contributed by atoms with E-state index >= 15 is 0 Å². The highest BCUT2D eigenvalue weighted by atomic mass is 16.6. The highest BCUT2D eigenvalue weighted by molar-refractivity contribution is 5.79. The van der Waals surface area contributed by atoms with E-state index in [1.165, 1.54) is 16.8 Å². The fourth-order valence-corrected chi connectivity index (χ4v) is 3.27. The molecule has 174 valence electrons. The van der Waals surface area contributed by atoms with Crippen LogP contribution >= 0.6 is 0 Å². The van der Waals surface area contributed by atoms with E-state index in [0.717, 1.165) is 6.92 Å². The maximum atomic E-state index is 12.4. The molecule has 32 heavy (non-hydrogen) atoms. The number of hydrogen-bond acceptors (Lipinski definition) is 8. The minimum absolute atomic E-state index is 0.141. The van der Waals surface area contributed by atoms with Crippen molar-refractivity contribution in [1.29, 1.82) is 0 Å². The summed E-state index contributed by atoms with van der Waals surface area (Å²) in [5.74, 6) is -1.73. The summed E-state index contributed by atoms with van der Waals surface area (Å²) in [5, 5.41) is 30.5. The third-order valence-corrected chi connectivity index (χ3v) is 4.92. The molecule has 0 spiro atoms. The molecule has 2 heterocycles. The number of carbonyl (C=O) groups is 3. The first kappa shape index (κ1) is 24.7. The molecule has 1 aliphatic carbocycles. The maximum Gasteiger partial charge on any atom is 0.300 e. The second-order valence-electron chi connectivity index (χ2n) is 7.45. The Morgan fingerprint density at radius 3 is 2.59 bits per heavy atom. The van der Waals surface area contributed by atoms with Crippen molar-refractivity contribution in [2.45, 2.75) is 58.3 Å². The Labute approximate surface area is 183 Å². The fourth-order valence-electron chi connectivity index (χ4n) is 3.27. The maximum absolute atomic E-state index is 12.4. The summed E-state index contributed by atoms with van der Waals surface area (Å²) in [5.41, 5.74) is 0.889. The predicted octanol–water partition coefficient (Wildman–Crippen LogP) is -0.407. The number of nitrogens with one attached hydrogen (secondary N) is 2. The molecule has 1 aliphatic rings. The Hall–Kier alpha value is -3.54. The Morgan fingerprint density at radius 1 is 1.25 bits per heavy atom. The second-order valence-corrected chi connectivity index (χ2v) is 7.45. The molecule has 0 aromatic carbocycles. The number of aliphatic carboxylic acids is 1. The van der Waals surface area contributed by atoms with Crippen LogP contribution in [0.1, 0.15) is 37.6 Å². The van der Waals surface area contributed by atoms with Gasteiger partial charge in [0.25, 0.3) is 11.5 Å².